The molecular formula is C9H9F3N2O2. The highest BCUT2D eigenvalue weighted by molar-refractivity contribution is 5.93. The van der Waals surface area contributed by atoms with Crippen LogP contribution in [0.2, 0.25) is 0 Å². The van der Waals surface area contributed by atoms with Gasteiger partial charge in [-0.1, -0.05) is 0 Å². The van der Waals surface area contributed by atoms with Gasteiger partial charge in [0.05, 0.1) is 0 Å². The zero-order valence-electron chi connectivity index (χ0n) is 8.34. The summed E-state index contributed by atoms with van der Waals surface area (Å²) in [5, 5.41) is 0. The molecule has 16 heavy (non-hydrogen) atoms. The lowest BCUT2D eigenvalue weighted by Gasteiger charge is -2.14. The van der Waals surface area contributed by atoms with E-state index < -0.39 is 29.6 Å². The van der Waals surface area contributed by atoms with E-state index in [2.05, 4.69) is 0 Å². The molecule has 0 aliphatic heterocycles. The highest BCUT2D eigenvalue weighted by Gasteiger charge is 2.28. The molecule has 0 radical (unpaired) electrons. The van der Waals surface area contributed by atoms with Crippen LogP contribution >= 0.6 is 0 Å². The van der Waals surface area contributed by atoms with E-state index in [0.717, 1.165) is 16.8 Å². The fraction of sp³-hybridized carbons (Fsp3) is 0.333. The molecule has 7 heteroatoms. The molecule has 1 amide bonds. The normalized spacial score (nSPS) is 11.5. The number of aromatic nitrogens is 1. The van der Waals surface area contributed by atoms with Crippen molar-refractivity contribution in [2.75, 3.05) is 0 Å². The summed E-state index contributed by atoms with van der Waals surface area (Å²) in [5.74, 6) is -1.03. The van der Waals surface area contributed by atoms with Crippen LogP contribution in [-0.4, -0.2) is 16.7 Å². The van der Waals surface area contributed by atoms with Crippen molar-refractivity contribution < 1.29 is 18.0 Å². The third-order valence-electron chi connectivity index (χ3n) is 2.04. The van der Waals surface area contributed by atoms with Gasteiger partial charge in [0.2, 0.25) is 0 Å². The van der Waals surface area contributed by atoms with E-state index in [4.69, 9.17) is 5.73 Å². The number of hydrogen-bond acceptors (Lipinski definition) is 2. The first-order valence-electron chi connectivity index (χ1n) is 4.29. The zero-order valence-corrected chi connectivity index (χ0v) is 8.34. The molecule has 0 unspecified atom stereocenters. The third-order valence-corrected chi connectivity index (χ3v) is 2.04. The summed E-state index contributed by atoms with van der Waals surface area (Å²) in [4.78, 5) is 22.1. The third kappa shape index (κ3) is 2.62. The monoisotopic (exact) mass is 234 g/mol. The summed E-state index contributed by atoms with van der Waals surface area (Å²) in [7, 11) is 0. The average molecular weight is 234 g/mol. The predicted octanol–water partition coefficient (Wildman–Crippen LogP) is 0.818. The number of primary amides is 1. The van der Waals surface area contributed by atoms with Gasteiger partial charge in [-0.05, 0) is 6.92 Å². The van der Waals surface area contributed by atoms with Gasteiger partial charge >= 0.3 is 6.18 Å². The van der Waals surface area contributed by atoms with E-state index in [9.17, 15) is 22.8 Å². The number of halogens is 3. The van der Waals surface area contributed by atoms with Crippen LogP contribution in [0.1, 0.15) is 16.1 Å². The maximum Gasteiger partial charge on any atom is 0.406 e. The van der Waals surface area contributed by atoms with Crippen LogP contribution in [0.4, 0.5) is 13.2 Å². The molecule has 0 saturated heterocycles. The molecule has 0 aliphatic carbocycles. The second-order valence-corrected chi connectivity index (χ2v) is 3.25. The highest BCUT2D eigenvalue weighted by Crippen LogP contribution is 2.18. The summed E-state index contributed by atoms with van der Waals surface area (Å²) in [6.07, 6.45) is -3.44. The smallest absolute Gasteiger partial charge is 0.365 e. The predicted molar refractivity (Wildman–Crippen MR) is 50.0 cm³/mol. The van der Waals surface area contributed by atoms with Crippen LogP contribution in [0, 0.1) is 6.92 Å². The van der Waals surface area contributed by atoms with Crippen molar-refractivity contribution in [2.24, 2.45) is 5.73 Å². The summed E-state index contributed by atoms with van der Waals surface area (Å²) in [5.41, 5.74) is 3.74. The van der Waals surface area contributed by atoms with Crippen LogP contribution in [0.15, 0.2) is 17.1 Å². The molecule has 88 valence electrons. The van der Waals surface area contributed by atoms with E-state index in [1.165, 1.54) is 6.92 Å². The van der Waals surface area contributed by atoms with Crippen LogP contribution in [0.5, 0.6) is 0 Å². The SMILES string of the molecule is Cc1c(C(N)=O)c(=O)ccn1CC(F)(F)F. The van der Waals surface area contributed by atoms with E-state index in [-0.39, 0.29) is 5.69 Å². The Labute approximate surface area is 88.5 Å². The number of carbonyl (C=O) groups is 1. The van der Waals surface area contributed by atoms with E-state index >= 15 is 0 Å². The molecule has 0 saturated carbocycles. The number of amides is 1. The first-order chi connectivity index (χ1) is 7.22. The molecule has 1 aromatic rings. The van der Waals surface area contributed by atoms with Crippen LogP contribution < -0.4 is 11.2 Å². The standard InChI is InChI=1S/C9H9F3N2O2/c1-5-7(8(13)16)6(15)2-3-14(5)4-9(10,11)12/h2-3H,4H2,1H3,(H2,13,16). The Morgan fingerprint density at radius 3 is 2.50 bits per heavy atom. The highest BCUT2D eigenvalue weighted by atomic mass is 19.4. The van der Waals surface area contributed by atoms with Gasteiger partial charge in [-0.25, -0.2) is 0 Å². The van der Waals surface area contributed by atoms with Crippen LogP contribution in [0.3, 0.4) is 0 Å². The molecule has 2 N–H and O–H groups in total. The molecule has 0 spiro atoms. The Kier molecular flexibility index (Phi) is 3.06. The van der Waals surface area contributed by atoms with Crippen LogP contribution in [0.25, 0.3) is 0 Å². The Morgan fingerprint density at radius 1 is 1.50 bits per heavy atom. The Hall–Kier alpha value is -1.79. The molecule has 0 atom stereocenters. The fourth-order valence-electron chi connectivity index (χ4n) is 1.34. The number of carbonyl (C=O) groups excluding carboxylic acids is 1. The quantitative estimate of drug-likeness (QED) is 0.823. The maximum absolute atomic E-state index is 12.1. The van der Waals surface area contributed by atoms with Crippen molar-refractivity contribution in [3.8, 4) is 0 Å². The van der Waals surface area contributed by atoms with E-state index in [0.29, 0.717) is 0 Å². The number of hydrogen-bond donors (Lipinski definition) is 1. The Balaban J connectivity index is 3.30. The van der Waals surface area contributed by atoms with Gasteiger partial charge in [-0.15, -0.1) is 0 Å². The first kappa shape index (κ1) is 12.3. The molecule has 4 nitrogen and oxygen atoms in total. The molecule has 0 aliphatic rings. The molecule has 1 rings (SSSR count). The molecule has 1 heterocycles. The Morgan fingerprint density at radius 2 is 2.06 bits per heavy atom. The average Bonchev–Trinajstić information content (AvgIpc) is 2.07. The van der Waals surface area contributed by atoms with Gasteiger partial charge in [0.15, 0.2) is 5.43 Å². The van der Waals surface area contributed by atoms with Gasteiger partial charge in [-0.3, -0.25) is 9.59 Å². The van der Waals surface area contributed by atoms with Crippen molar-refractivity contribution in [3.63, 3.8) is 0 Å². The molecule has 0 bridgehead atoms. The van der Waals surface area contributed by atoms with Gasteiger partial charge in [-0.2, -0.15) is 13.2 Å². The molecule has 1 aromatic heterocycles. The maximum atomic E-state index is 12.1. The summed E-state index contributed by atoms with van der Waals surface area (Å²) >= 11 is 0. The van der Waals surface area contributed by atoms with E-state index in [1.807, 2.05) is 0 Å². The minimum absolute atomic E-state index is 0.0858. The molecule has 0 fully saturated rings. The van der Waals surface area contributed by atoms with Gasteiger partial charge in [0, 0.05) is 18.0 Å². The van der Waals surface area contributed by atoms with Gasteiger partial charge in [0.1, 0.15) is 12.1 Å². The van der Waals surface area contributed by atoms with Crippen LogP contribution in [-0.2, 0) is 6.54 Å². The fourth-order valence-corrected chi connectivity index (χ4v) is 1.34. The number of rotatable bonds is 2. The minimum Gasteiger partial charge on any atom is -0.365 e. The summed E-state index contributed by atoms with van der Waals surface area (Å²) in [6, 6.07) is 0.888. The van der Waals surface area contributed by atoms with Crippen molar-refractivity contribution in [2.45, 2.75) is 19.6 Å². The summed E-state index contributed by atoms with van der Waals surface area (Å²) < 4.78 is 37.2. The van der Waals surface area contributed by atoms with Crippen molar-refractivity contribution >= 4 is 5.91 Å². The topological polar surface area (TPSA) is 65.1 Å². The number of alkyl halides is 3. The van der Waals surface area contributed by atoms with E-state index in [1.54, 1.807) is 0 Å². The zero-order chi connectivity index (χ0) is 12.5. The van der Waals surface area contributed by atoms with Crippen molar-refractivity contribution in [1.82, 2.24) is 4.57 Å². The van der Waals surface area contributed by atoms with Gasteiger partial charge in [0.25, 0.3) is 5.91 Å². The van der Waals surface area contributed by atoms with Crippen molar-refractivity contribution in [1.29, 1.82) is 0 Å². The van der Waals surface area contributed by atoms with Gasteiger partial charge < -0.3 is 10.3 Å². The molecular weight excluding hydrogens is 225 g/mol. The lowest BCUT2D eigenvalue weighted by atomic mass is 10.2. The number of nitrogens with zero attached hydrogens (tertiary/aromatic N) is 1. The summed E-state index contributed by atoms with van der Waals surface area (Å²) in [6.45, 7) is -0.0212. The number of nitrogens with two attached hydrogens (primary N) is 1. The largest absolute Gasteiger partial charge is 0.406 e. The Bertz CT molecular complexity index is 477. The lowest BCUT2D eigenvalue weighted by Crippen LogP contribution is -2.28. The lowest BCUT2D eigenvalue weighted by molar-refractivity contribution is -0.141. The molecule has 0 aromatic carbocycles. The second-order valence-electron chi connectivity index (χ2n) is 3.25. The van der Waals surface area contributed by atoms with Crippen molar-refractivity contribution in [3.05, 3.63) is 33.7 Å². The number of pyridine rings is 1. The second kappa shape index (κ2) is 3.99. The first-order valence-corrected chi connectivity index (χ1v) is 4.29. The minimum atomic E-state index is -4.42.